The molecule has 5 nitrogen and oxygen atoms in total. The Morgan fingerprint density at radius 1 is 1.41 bits per heavy atom. The van der Waals surface area contributed by atoms with Crippen LogP contribution in [-0.4, -0.2) is 67.6 Å². The number of nitrogens with zero attached hydrogens (tertiary/aromatic N) is 2. The number of primary amides is 1. The van der Waals surface area contributed by atoms with E-state index in [0.717, 1.165) is 19.6 Å². The zero-order valence-electron chi connectivity index (χ0n) is 10.7. The van der Waals surface area contributed by atoms with Crippen molar-refractivity contribution in [1.82, 2.24) is 15.1 Å². The molecule has 0 radical (unpaired) electrons. The van der Waals surface area contributed by atoms with E-state index in [-0.39, 0.29) is 11.9 Å². The van der Waals surface area contributed by atoms with Crippen LogP contribution in [-0.2, 0) is 4.79 Å². The molecule has 1 amide bonds. The van der Waals surface area contributed by atoms with Crippen LogP contribution in [0.3, 0.4) is 0 Å². The van der Waals surface area contributed by atoms with E-state index >= 15 is 0 Å². The number of nitrogens with two attached hydrogens (primary N) is 1. The maximum absolute atomic E-state index is 11.2. The van der Waals surface area contributed by atoms with Crippen molar-refractivity contribution in [1.29, 1.82) is 0 Å². The molecular formula is C12H24N4O. The highest BCUT2D eigenvalue weighted by molar-refractivity contribution is 5.80. The molecule has 2 fully saturated rings. The van der Waals surface area contributed by atoms with Crippen molar-refractivity contribution in [2.75, 3.05) is 39.8 Å². The van der Waals surface area contributed by atoms with Crippen LogP contribution in [0.5, 0.6) is 0 Å². The molecule has 0 bridgehead atoms. The van der Waals surface area contributed by atoms with Gasteiger partial charge in [0.25, 0.3) is 0 Å². The normalized spacial score (nSPS) is 28.6. The largest absolute Gasteiger partial charge is 0.368 e. The van der Waals surface area contributed by atoms with Crippen molar-refractivity contribution in [3.8, 4) is 0 Å². The van der Waals surface area contributed by atoms with Crippen LogP contribution < -0.4 is 11.1 Å². The molecule has 98 valence electrons. The Balaban J connectivity index is 1.89. The summed E-state index contributed by atoms with van der Waals surface area (Å²) in [5.74, 6) is -0.250. The third-order valence-corrected chi connectivity index (χ3v) is 4.02. The number of fused-ring (bicyclic) bond motifs is 1. The molecule has 3 N–H and O–H groups in total. The van der Waals surface area contributed by atoms with E-state index in [1.165, 1.54) is 32.4 Å². The number of carbonyl (C=O) groups is 1. The van der Waals surface area contributed by atoms with E-state index in [0.29, 0.717) is 6.04 Å². The monoisotopic (exact) mass is 240 g/mol. The maximum atomic E-state index is 11.2. The van der Waals surface area contributed by atoms with Gasteiger partial charge >= 0.3 is 0 Å². The smallest absolute Gasteiger partial charge is 0.235 e. The van der Waals surface area contributed by atoms with Gasteiger partial charge in [-0.15, -0.1) is 0 Å². The Morgan fingerprint density at radius 3 is 2.88 bits per heavy atom. The summed E-state index contributed by atoms with van der Waals surface area (Å²) >= 11 is 0. The first kappa shape index (κ1) is 12.8. The number of amides is 1. The second kappa shape index (κ2) is 5.80. The van der Waals surface area contributed by atoms with Gasteiger partial charge < -0.3 is 11.1 Å². The van der Waals surface area contributed by atoms with Crippen molar-refractivity contribution < 1.29 is 4.79 Å². The SMILES string of the molecule is CNC(CN1CCCN2CCCC2C1)C(N)=O. The Hall–Kier alpha value is -0.650. The minimum atomic E-state index is -0.250. The minimum absolute atomic E-state index is 0.219. The van der Waals surface area contributed by atoms with Crippen molar-refractivity contribution in [3.05, 3.63) is 0 Å². The summed E-state index contributed by atoms with van der Waals surface area (Å²) in [6.07, 6.45) is 3.83. The van der Waals surface area contributed by atoms with E-state index in [1.807, 2.05) is 0 Å². The minimum Gasteiger partial charge on any atom is -0.368 e. The van der Waals surface area contributed by atoms with Crippen molar-refractivity contribution in [2.24, 2.45) is 5.73 Å². The predicted molar refractivity (Wildman–Crippen MR) is 67.7 cm³/mol. The summed E-state index contributed by atoms with van der Waals surface area (Å²) in [5, 5.41) is 3.00. The summed E-state index contributed by atoms with van der Waals surface area (Å²) in [5.41, 5.74) is 5.37. The fourth-order valence-electron chi connectivity index (χ4n) is 3.03. The first-order valence-electron chi connectivity index (χ1n) is 6.63. The summed E-state index contributed by atoms with van der Waals surface area (Å²) in [4.78, 5) is 16.2. The molecule has 2 atom stereocenters. The number of nitrogens with one attached hydrogen (secondary N) is 1. The zero-order valence-corrected chi connectivity index (χ0v) is 10.7. The second-order valence-corrected chi connectivity index (χ2v) is 5.19. The highest BCUT2D eigenvalue weighted by Crippen LogP contribution is 2.21. The molecule has 2 rings (SSSR count). The average molecular weight is 240 g/mol. The van der Waals surface area contributed by atoms with Gasteiger partial charge in [-0.3, -0.25) is 14.6 Å². The Kier molecular flexibility index (Phi) is 4.36. The molecule has 0 aromatic rings. The van der Waals surface area contributed by atoms with Gasteiger partial charge in [-0.25, -0.2) is 0 Å². The molecule has 0 aliphatic carbocycles. The lowest BCUT2D eigenvalue weighted by atomic mass is 10.2. The summed E-state index contributed by atoms with van der Waals surface area (Å²) < 4.78 is 0. The van der Waals surface area contributed by atoms with Crippen LogP contribution in [0.15, 0.2) is 0 Å². The van der Waals surface area contributed by atoms with Crippen LogP contribution in [0.4, 0.5) is 0 Å². The summed E-state index contributed by atoms with van der Waals surface area (Å²) in [6, 6.07) is 0.478. The van der Waals surface area contributed by atoms with Gasteiger partial charge in [0.05, 0.1) is 6.04 Å². The Bertz CT molecular complexity index is 271. The van der Waals surface area contributed by atoms with Crippen molar-refractivity contribution >= 4 is 5.91 Å². The number of hydrogen-bond acceptors (Lipinski definition) is 4. The molecular weight excluding hydrogens is 216 g/mol. The molecule has 0 aromatic carbocycles. The van der Waals surface area contributed by atoms with Gasteiger partial charge in [-0.2, -0.15) is 0 Å². The number of hydrogen-bond donors (Lipinski definition) is 2. The van der Waals surface area contributed by atoms with Crippen LogP contribution in [0.1, 0.15) is 19.3 Å². The van der Waals surface area contributed by atoms with Gasteiger partial charge in [0.1, 0.15) is 0 Å². The molecule has 0 saturated carbocycles. The van der Waals surface area contributed by atoms with E-state index in [1.54, 1.807) is 7.05 Å². The topological polar surface area (TPSA) is 61.6 Å². The van der Waals surface area contributed by atoms with Crippen LogP contribution in [0.25, 0.3) is 0 Å². The van der Waals surface area contributed by atoms with Gasteiger partial charge in [-0.05, 0) is 45.9 Å². The van der Waals surface area contributed by atoms with Gasteiger partial charge in [0.2, 0.25) is 5.91 Å². The van der Waals surface area contributed by atoms with E-state index < -0.39 is 0 Å². The molecule has 2 aliphatic rings. The van der Waals surface area contributed by atoms with Crippen molar-refractivity contribution in [3.63, 3.8) is 0 Å². The zero-order chi connectivity index (χ0) is 12.3. The van der Waals surface area contributed by atoms with Crippen LogP contribution >= 0.6 is 0 Å². The maximum Gasteiger partial charge on any atom is 0.235 e. The molecule has 2 aliphatic heterocycles. The lowest BCUT2D eigenvalue weighted by Gasteiger charge is -2.27. The lowest BCUT2D eigenvalue weighted by Crippen LogP contribution is -2.49. The average Bonchev–Trinajstić information content (AvgIpc) is 2.64. The second-order valence-electron chi connectivity index (χ2n) is 5.19. The molecule has 17 heavy (non-hydrogen) atoms. The highest BCUT2D eigenvalue weighted by Gasteiger charge is 2.29. The highest BCUT2D eigenvalue weighted by atomic mass is 16.1. The third-order valence-electron chi connectivity index (χ3n) is 4.02. The van der Waals surface area contributed by atoms with E-state index in [4.69, 9.17) is 5.73 Å². The number of carbonyl (C=O) groups excluding carboxylic acids is 1. The summed E-state index contributed by atoms with van der Waals surface area (Å²) in [6.45, 7) is 5.38. The van der Waals surface area contributed by atoms with Crippen LogP contribution in [0, 0.1) is 0 Å². The quantitative estimate of drug-likeness (QED) is 0.677. The van der Waals surface area contributed by atoms with Gasteiger partial charge in [-0.1, -0.05) is 0 Å². The van der Waals surface area contributed by atoms with Gasteiger partial charge in [0.15, 0.2) is 0 Å². The Morgan fingerprint density at radius 2 is 2.18 bits per heavy atom. The predicted octanol–water partition coefficient (Wildman–Crippen LogP) is -0.770. The molecule has 0 spiro atoms. The standard InChI is InChI=1S/C12H24N4O/c1-14-11(12(13)17)9-15-5-3-7-16-6-2-4-10(16)8-15/h10-11,14H,2-9H2,1H3,(H2,13,17). The number of likely N-dealkylation sites (N-methyl/N-ethyl adjacent to an activating group) is 1. The van der Waals surface area contributed by atoms with E-state index in [9.17, 15) is 4.79 Å². The fraction of sp³-hybridized carbons (Fsp3) is 0.917. The summed E-state index contributed by atoms with van der Waals surface area (Å²) in [7, 11) is 1.80. The molecule has 5 heteroatoms. The lowest BCUT2D eigenvalue weighted by molar-refractivity contribution is -0.120. The molecule has 2 unspecified atom stereocenters. The van der Waals surface area contributed by atoms with Crippen LogP contribution in [0.2, 0.25) is 0 Å². The molecule has 2 heterocycles. The Labute approximate surface area is 103 Å². The molecule has 0 aromatic heterocycles. The van der Waals surface area contributed by atoms with Crippen molar-refractivity contribution in [2.45, 2.75) is 31.3 Å². The van der Waals surface area contributed by atoms with Gasteiger partial charge in [0, 0.05) is 19.1 Å². The number of rotatable bonds is 4. The third kappa shape index (κ3) is 3.18. The fourth-order valence-corrected chi connectivity index (χ4v) is 3.03. The first-order chi connectivity index (χ1) is 8.20. The van der Waals surface area contributed by atoms with E-state index in [2.05, 4.69) is 15.1 Å². The molecule has 2 saturated heterocycles. The first-order valence-corrected chi connectivity index (χ1v) is 6.63.